The minimum atomic E-state index is 0.167. The van der Waals surface area contributed by atoms with Crippen molar-refractivity contribution in [1.29, 1.82) is 0 Å². The van der Waals surface area contributed by atoms with Gasteiger partial charge in [-0.25, -0.2) is 0 Å². The van der Waals surface area contributed by atoms with Crippen LogP contribution in [0.1, 0.15) is 29.5 Å². The molecule has 3 heteroatoms. The molecule has 1 aliphatic carbocycles. The van der Waals surface area contributed by atoms with E-state index in [4.69, 9.17) is 0 Å². The monoisotopic (exact) mass is 260 g/mol. The fourth-order valence-corrected chi connectivity index (χ4v) is 2.21. The second-order valence-corrected chi connectivity index (χ2v) is 5.75. The van der Waals surface area contributed by atoms with Gasteiger partial charge < -0.3 is 10.2 Å². The maximum atomic E-state index is 12.0. The summed E-state index contributed by atoms with van der Waals surface area (Å²) in [6.45, 7) is 6.33. The number of likely N-dealkylation sites (N-methyl/N-ethyl adjacent to an activating group) is 1. The van der Waals surface area contributed by atoms with Crippen LogP contribution in [0.4, 0.5) is 0 Å². The van der Waals surface area contributed by atoms with E-state index in [-0.39, 0.29) is 5.91 Å². The van der Waals surface area contributed by atoms with E-state index in [0.29, 0.717) is 13.1 Å². The van der Waals surface area contributed by atoms with Gasteiger partial charge in [0.05, 0.1) is 6.54 Å². The van der Waals surface area contributed by atoms with Gasteiger partial charge in [0.25, 0.3) is 0 Å². The Labute approximate surface area is 116 Å². The zero-order valence-corrected chi connectivity index (χ0v) is 12.2. The molecule has 0 unspecified atom stereocenters. The first-order chi connectivity index (χ1) is 9.06. The summed E-state index contributed by atoms with van der Waals surface area (Å²) < 4.78 is 0. The molecule has 0 aromatic heterocycles. The lowest BCUT2D eigenvalue weighted by atomic mass is 10.1. The molecule has 3 nitrogen and oxygen atoms in total. The van der Waals surface area contributed by atoms with Gasteiger partial charge in [0.2, 0.25) is 5.91 Å². The molecule has 0 bridgehead atoms. The highest BCUT2D eigenvalue weighted by molar-refractivity contribution is 5.78. The van der Waals surface area contributed by atoms with Gasteiger partial charge in [0, 0.05) is 13.6 Å². The third-order valence-corrected chi connectivity index (χ3v) is 3.74. The Balaban J connectivity index is 1.81. The SMILES string of the molecule is Cc1ccc(CN(C)C(=O)CNCC2CC2)c(C)c1. The summed E-state index contributed by atoms with van der Waals surface area (Å²) in [5.41, 5.74) is 3.75. The van der Waals surface area contributed by atoms with Gasteiger partial charge in [0.1, 0.15) is 0 Å². The maximum absolute atomic E-state index is 12.0. The van der Waals surface area contributed by atoms with Crippen LogP contribution in [0.5, 0.6) is 0 Å². The van der Waals surface area contributed by atoms with Crippen LogP contribution in [-0.2, 0) is 11.3 Å². The molecule has 1 N–H and O–H groups in total. The van der Waals surface area contributed by atoms with E-state index in [1.807, 2.05) is 7.05 Å². The van der Waals surface area contributed by atoms with Gasteiger partial charge in [-0.3, -0.25) is 4.79 Å². The van der Waals surface area contributed by atoms with E-state index in [1.165, 1.54) is 29.5 Å². The molecular weight excluding hydrogens is 236 g/mol. The first-order valence-electron chi connectivity index (χ1n) is 7.07. The Morgan fingerprint density at radius 2 is 2.11 bits per heavy atom. The van der Waals surface area contributed by atoms with E-state index >= 15 is 0 Å². The number of carbonyl (C=O) groups excluding carboxylic acids is 1. The smallest absolute Gasteiger partial charge is 0.236 e. The highest BCUT2D eigenvalue weighted by Crippen LogP contribution is 2.27. The van der Waals surface area contributed by atoms with E-state index in [1.54, 1.807) is 4.90 Å². The van der Waals surface area contributed by atoms with Crippen molar-refractivity contribution in [3.63, 3.8) is 0 Å². The maximum Gasteiger partial charge on any atom is 0.236 e. The highest BCUT2D eigenvalue weighted by Gasteiger charge is 2.21. The zero-order chi connectivity index (χ0) is 13.8. The molecule has 0 aliphatic heterocycles. The van der Waals surface area contributed by atoms with Gasteiger partial charge in [-0.15, -0.1) is 0 Å². The fraction of sp³-hybridized carbons (Fsp3) is 0.562. The number of hydrogen-bond donors (Lipinski definition) is 1. The molecule has 1 aromatic carbocycles. The summed E-state index contributed by atoms with van der Waals surface area (Å²) in [6, 6.07) is 6.39. The van der Waals surface area contributed by atoms with Gasteiger partial charge in [-0.2, -0.15) is 0 Å². The standard InChI is InChI=1S/C16H24N2O/c1-12-4-7-15(13(2)8-12)11-18(3)16(19)10-17-9-14-5-6-14/h4,7-8,14,17H,5-6,9-11H2,1-3H3. The van der Waals surface area contributed by atoms with E-state index < -0.39 is 0 Å². The van der Waals surface area contributed by atoms with Gasteiger partial charge in [-0.05, 0) is 50.3 Å². The lowest BCUT2D eigenvalue weighted by molar-refractivity contribution is -0.129. The minimum absolute atomic E-state index is 0.167. The summed E-state index contributed by atoms with van der Waals surface area (Å²) in [5.74, 6) is 0.984. The van der Waals surface area contributed by atoms with Crippen LogP contribution >= 0.6 is 0 Å². The summed E-state index contributed by atoms with van der Waals surface area (Å²) in [6.07, 6.45) is 2.64. The van der Waals surface area contributed by atoms with E-state index in [9.17, 15) is 4.79 Å². The van der Waals surface area contributed by atoms with Crippen molar-refractivity contribution in [1.82, 2.24) is 10.2 Å². The molecule has 0 atom stereocenters. The first kappa shape index (κ1) is 14.1. The Kier molecular flexibility index (Phi) is 4.59. The predicted octanol–water partition coefficient (Wildman–Crippen LogP) is 2.26. The number of benzene rings is 1. The van der Waals surface area contributed by atoms with Crippen LogP contribution in [0, 0.1) is 19.8 Å². The normalized spacial score (nSPS) is 14.5. The Morgan fingerprint density at radius 1 is 1.37 bits per heavy atom. The van der Waals surface area contributed by atoms with E-state index in [2.05, 4.69) is 37.4 Å². The second-order valence-electron chi connectivity index (χ2n) is 5.75. The van der Waals surface area contributed by atoms with Crippen molar-refractivity contribution < 1.29 is 4.79 Å². The number of nitrogens with one attached hydrogen (secondary N) is 1. The van der Waals surface area contributed by atoms with Crippen molar-refractivity contribution in [2.24, 2.45) is 5.92 Å². The molecule has 104 valence electrons. The second kappa shape index (κ2) is 6.20. The lowest BCUT2D eigenvalue weighted by Crippen LogP contribution is -2.36. The number of nitrogens with zero attached hydrogens (tertiary/aromatic N) is 1. The number of carbonyl (C=O) groups is 1. The Morgan fingerprint density at radius 3 is 2.74 bits per heavy atom. The molecule has 0 radical (unpaired) electrons. The molecule has 0 spiro atoms. The van der Waals surface area contributed by atoms with Crippen molar-refractivity contribution in [2.75, 3.05) is 20.1 Å². The first-order valence-corrected chi connectivity index (χ1v) is 7.07. The quantitative estimate of drug-likeness (QED) is 0.851. The Bertz CT molecular complexity index is 452. The van der Waals surface area contributed by atoms with Crippen LogP contribution in [0.3, 0.4) is 0 Å². The number of hydrogen-bond acceptors (Lipinski definition) is 2. The van der Waals surface area contributed by atoms with Gasteiger partial charge in [0.15, 0.2) is 0 Å². The van der Waals surface area contributed by atoms with Crippen LogP contribution in [-0.4, -0.2) is 30.9 Å². The van der Waals surface area contributed by atoms with Gasteiger partial charge in [-0.1, -0.05) is 23.8 Å². The number of amides is 1. The summed E-state index contributed by atoms with van der Waals surface area (Å²) in [4.78, 5) is 13.8. The number of aryl methyl sites for hydroxylation is 2. The molecule has 0 heterocycles. The van der Waals surface area contributed by atoms with Crippen molar-refractivity contribution in [2.45, 2.75) is 33.2 Å². The van der Waals surface area contributed by atoms with Gasteiger partial charge >= 0.3 is 0 Å². The minimum Gasteiger partial charge on any atom is -0.340 e. The largest absolute Gasteiger partial charge is 0.340 e. The van der Waals surface area contributed by atoms with Crippen molar-refractivity contribution in [3.8, 4) is 0 Å². The van der Waals surface area contributed by atoms with Crippen molar-refractivity contribution in [3.05, 3.63) is 34.9 Å². The summed E-state index contributed by atoms with van der Waals surface area (Å²) >= 11 is 0. The Hall–Kier alpha value is -1.35. The van der Waals surface area contributed by atoms with Crippen molar-refractivity contribution >= 4 is 5.91 Å². The predicted molar refractivity (Wildman–Crippen MR) is 78.0 cm³/mol. The van der Waals surface area contributed by atoms with Crippen LogP contribution in [0.2, 0.25) is 0 Å². The van der Waals surface area contributed by atoms with Crippen LogP contribution in [0.25, 0.3) is 0 Å². The molecule has 1 aromatic rings. The van der Waals surface area contributed by atoms with Crippen LogP contribution < -0.4 is 5.32 Å². The molecule has 2 rings (SSSR count). The molecule has 1 aliphatic rings. The third kappa shape index (κ3) is 4.35. The average Bonchev–Trinajstić information content (AvgIpc) is 3.16. The molecule has 1 saturated carbocycles. The van der Waals surface area contributed by atoms with Crippen LogP contribution in [0.15, 0.2) is 18.2 Å². The topological polar surface area (TPSA) is 32.3 Å². The molecule has 1 amide bonds. The van der Waals surface area contributed by atoms with E-state index in [0.717, 1.165) is 12.5 Å². The molecule has 0 saturated heterocycles. The number of rotatable bonds is 6. The molecule has 19 heavy (non-hydrogen) atoms. The fourth-order valence-electron chi connectivity index (χ4n) is 2.21. The highest BCUT2D eigenvalue weighted by atomic mass is 16.2. The molecule has 1 fully saturated rings. The summed E-state index contributed by atoms with van der Waals surface area (Å²) in [7, 11) is 1.88. The zero-order valence-electron chi connectivity index (χ0n) is 12.2. The third-order valence-electron chi connectivity index (χ3n) is 3.74. The lowest BCUT2D eigenvalue weighted by Gasteiger charge is -2.19. The summed E-state index contributed by atoms with van der Waals surface area (Å²) in [5, 5.41) is 3.25. The molecular formula is C16H24N2O. The average molecular weight is 260 g/mol.